The molecule has 0 aliphatic carbocycles. The largest absolute Gasteiger partial charge is 0.365 e. The van der Waals surface area contributed by atoms with Gasteiger partial charge < -0.3 is 10.6 Å². The average molecular weight is 284 g/mol. The van der Waals surface area contributed by atoms with Crippen LogP contribution in [0.15, 0.2) is 47.6 Å². The van der Waals surface area contributed by atoms with Crippen molar-refractivity contribution in [3.63, 3.8) is 0 Å². The summed E-state index contributed by atoms with van der Waals surface area (Å²) in [5.74, 6) is 0.900. The first-order valence-corrected chi connectivity index (χ1v) is 6.99. The van der Waals surface area contributed by atoms with Crippen molar-refractivity contribution in [2.75, 3.05) is 18.6 Å². The minimum atomic E-state index is 0.601. The fourth-order valence-electron chi connectivity index (χ4n) is 2.26. The Bertz CT molecular complexity index is 680. The van der Waals surface area contributed by atoms with E-state index in [1.165, 1.54) is 10.8 Å². The van der Waals surface area contributed by atoms with E-state index >= 15 is 0 Å². The monoisotopic (exact) mass is 284 g/mol. The molecule has 4 nitrogen and oxygen atoms in total. The van der Waals surface area contributed by atoms with E-state index in [-0.39, 0.29) is 0 Å². The van der Waals surface area contributed by atoms with E-state index in [0.29, 0.717) is 5.11 Å². The second-order valence-corrected chi connectivity index (χ2v) is 5.06. The molecule has 0 unspecified atom stereocenters. The summed E-state index contributed by atoms with van der Waals surface area (Å²) < 4.78 is 0. The second kappa shape index (κ2) is 5.46. The molecule has 2 N–H and O–H groups in total. The molecule has 0 spiro atoms. The molecule has 1 aliphatic heterocycles. The SMILES string of the molecule is CNC(=S)NC1=NN(c2ccc3ccccc3c2)CC1. The van der Waals surface area contributed by atoms with Crippen LogP contribution < -0.4 is 15.6 Å². The molecular weight excluding hydrogens is 268 g/mol. The van der Waals surface area contributed by atoms with Gasteiger partial charge in [-0.25, -0.2) is 0 Å². The number of nitrogens with zero attached hydrogens (tertiary/aromatic N) is 2. The Morgan fingerprint density at radius 3 is 2.80 bits per heavy atom. The number of hydrazone groups is 1. The molecule has 0 radical (unpaired) electrons. The van der Waals surface area contributed by atoms with E-state index in [1.807, 2.05) is 5.01 Å². The van der Waals surface area contributed by atoms with Crippen molar-refractivity contribution in [2.24, 2.45) is 5.10 Å². The molecule has 2 aromatic rings. The Morgan fingerprint density at radius 1 is 1.20 bits per heavy atom. The van der Waals surface area contributed by atoms with Gasteiger partial charge in [-0.2, -0.15) is 5.10 Å². The number of hydrogen-bond donors (Lipinski definition) is 2. The number of rotatable bonds is 1. The number of anilines is 1. The lowest BCUT2D eigenvalue weighted by molar-refractivity contribution is 0.923. The van der Waals surface area contributed by atoms with Crippen molar-refractivity contribution in [3.05, 3.63) is 42.5 Å². The van der Waals surface area contributed by atoms with Crippen LogP contribution in [0.2, 0.25) is 0 Å². The van der Waals surface area contributed by atoms with Gasteiger partial charge in [-0.3, -0.25) is 5.01 Å². The molecule has 3 rings (SSSR count). The predicted molar refractivity (Wildman–Crippen MR) is 88.1 cm³/mol. The van der Waals surface area contributed by atoms with E-state index in [1.54, 1.807) is 7.05 Å². The summed E-state index contributed by atoms with van der Waals surface area (Å²) >= 11 is 5.09. The Kier molecular flexibility index (Phi) is 3.52. The van der Waals surface area contributed by atoms with Gasteiger partial charge in [0.15, 0.2) is 5.11 Å². The number of fused-ring (bicyclic) bond motifs is 1. The van der Waals surface area contributed by atoms with Crippen molar-refractivity contribution < 1.29 is 0 Å². The van der Waals surface area contributed by atoms with Gasteiger partial charge in [0.1, 0.15) is 5.84 Å². The smallest absolute Gasteiger partial charge is 0.171 e. The van der Waals surface area contributed by atoms with Crippen molar-refractivity contribution >= 4 is 39.6 Å². The first-order valence-electron chi connectivity index (χ1n) is 6.59. The van der Waals surface area contributed by atoms with Crippen molar-refractivity contribution in [3.8, 4) is 0 Å². The average Bonchev–Trinajstić information content (AvgIpc) is 2.95. The molecule has 1 heterocycles. The lowest BCUT2D eigenvalue weighted by Gasteiger charge is -2.14. The third-order valence-corrected chi connectivity index (χ3v) is 3.62. The number of hydrogen-bond acceptors (Lipinski definition) is 3. The highest BCUT2D eigenvalue weighted by Gasteiger charge is 2.16. The normalized spacial score (nSPS) is 14.2. The van der Waals surface area contributed by atoms with Gasteiger partial charge in [0.25, 0.3) is 0 Å². The Morgan fingerprint density at radius 2 is 2.00 bits per heavy atom. The fraction of sp³-hybridized carbons (Fsp3) is 0.200. The van der Waals surface area contributed by atoms with E-state index in [2.05, 4.69) is 58.2 Å². The summed E-state index contributed by atoms with van der Waals surface area (Å²) in [5, 5.41) is 15.6. The summed E-state index contributed by atoms with van der Waals surface area (Å²) in [5.41, 5.74) is 1.11. The zero-order chi connectivity index (χ0) is 13.9. The molecule has 0 bridgehead atoms. The molecule has 0 aromatic heterocycles. The van der Waals surface area contributed by atoms with Gasteiger partial charge in [0.2, 0.25) is 0 Å². The van der Waals surface area contributed by atoms with Gasteiger partial charge in [0.05, 0.1) is 5.69 Å². The number of benzene rings is 2. The molecule has 0 amide bonds. The van der Waals surface area contributed by atoms with E-state index in [0.717, 1.165) is 24.5 Å². The standard InChI is InChI=1S/C15H16N4S/c1-16-15(20)17-14-8-9-19(18-14)13-7-6-11-4-2-3-5-12(11)10-13/h2-7,10H,8-9H2,1H3,(H2,16,17,18,20). The van der Waals surface area contributed by atoms with Crippen LogP contribution in [0.1, 0.15) is 6.42 Å². The highest BCUT2D eigenvalue weighted by molar-refractivity contribution is 7.80. The van der Waals surface area contributed by atoms with Crippen molar-refractivity contribution in [1.82, 2.24) is 10.6 Å². The Hall–Kier alpha value is -2.14. The van der Waals surface area contributed by atoms with Crippen LogP contribution in [0.5, 0.6) is 0 Å². The molecule has 0 saturated heterocycles. The highest BCUT2D eigenvalue weighted by Crippen LogP contribution is 2.24. The second-order valence-electron chi connectivity index (χ2n) is 4.66. The van der Waals surface area contributed by atoms with Crippen molar-refractivity contribution in [2.45, 2.75) is 6.42 Å². The number of nitrogens with one attached hydrogen (secondary N) is 2. The van der Waals surface area contributed by atoms with Gasteiger partial charge in [-0.15, -0.1) is 0 Å². The third-order valence-electron chi connectivity index (χ3n) is 3.32. The molecule has 102 valence electrons. The van der Waals surface area contributed by atoms with Crippen LogP contribution in [-0.4, -0.2) is 24.5 Å². The topological polar surface area (TPSA) is 39.7 Å². The fourth-order valence-corrected chi connectivity index (χ4v) is 2.38. The van der Waals surface area contributed by atoms with Crippen LogP contribution in [0.25, 0.3) is 10.8 Å². The summed E-state index contributed by atoms with van der Waals surface area (Å²) in [6.45, 7) is 0.868. The van der Waals surface area contributed by atoms with E-state index in [4.69, 9.17) is 12.2 Å². The summed E-state index contributed by atoms with van der Waals surface area (Å²) in [6.07, 6.45) is 0.870. The minimum Gasteiger partial charge on any atom is -0.365 e. The number of thiocarbonyl (C=S) groups is 1. The Balaban J connectivity index is 1.83. The zero-order valence-electron chi connectivity index (χ0n) is 11.3. The zero-order valence-corrected chi connectivity index (χ0v) is 12.1. The predicted octanol–water partition coefficient (Wildman–Crippen LogP) is 2.46. The van der Waals surface area contributed by atoms with Crippen LogP contribution in [0.3, 0.4) is 0 Å². The molecule has 20 heavy (non-hydrogen) atoms. The number of amidine groups is 1. The lowest BCUT2D eigenvalue weighted by atomic mass is 10.1. The van der Waals surface area contributed by atoms with Gasteiger partial charge in [-0.1, -0.05) is 30.3 Å². The molecular formula is C15H16N4S. The summed E-state index contributed by atoms with van der Waals surface area (Å²) in [6, 6.07) is 14.7. The third kappa shape index (κ3) is 2.58. The summed E-state index contributed by atoms with van der Waals surface area (Å²) in [4.78, 5) is 0. The summed E-state index contributed by atoms with van der Waals surface area (Å²) in [7, 11) is 1.80. The maximum Gasteiger partial charge on any atom is 0.171 e. The first-order chi connectivity index (χ1) is 9.76. The van der Waals surface area contributed by atoms with E-state index in [9.17, 15) is 0 Å². The highest BCUT2D eigenvalue weighted by atomic mass is 32.1. The molecule has 0 fully saturated rings. The van der Waals surface area contributed by atoms with Crippen LogP contribution in [0, 0.1) is 0 Å². The Labute approximate surface area is 123 Å². The van der Waals surface area contributed by atoms with Gasteiger partial charge in [0, 0.05) is 20.0 Å². The van der Waals surface area contributed by atoms with Crippen LogP contribution in [0.4, 0.5) is 5.69 Å². The molecule has 2 aromatic carbocycles. The van der Waals surface area contributed by atoms with Gasteiger partial charge >= 0.3 is 0 Å². The van der Waals surface area contributed by atoms with Crippen molar-refractivity contribution in [1.29, 1.82) is 0 Å². The quantitative estimate of drug-likeness (QED) is 0.789. The van der Waals surface area contributed by atoms with Gasteiger partial charge in [-0.05, 0) is 35.1 Å². The van der Waals surface area contributed by atoms with Crippen LogP contribution >= 0.6 is 12.2 Å². The molecule has 0 saturated carbocycles. The maximum absolute atomic E-state index is 5.09. The molecule has 5 heteroatoms. The molecule has 0 atom stereocenters. The van der Waals surface area contributed by atoms with Crippen LogP contribution in [-0.2, 0) is 0 Å². The maximum atomic E-state index is 5.09. The first kappa shape index (κ1) is 12.9. The minimum absolute atomic E-state index is 0.601. The van der Waals surface area contributed by atoms with E-state index < -0.39 is 0 Å². The molecule has 1 aliphatic rings. The lowest BCUT2D eigenvalue weighted by Crippen LogP contribution is -2.36.